The molecule has 1 fully saturated rings. The number of rotatable bonds is 8. The van der Waals surface area contributed by atoms with E-state index in [1.807, 2.05) is 19.1 Å². The maximum absolute atomic E-state index is 12.9. The molecule has 0 spiro atoms. The lowest BCUT2D eigenvalue weighted by molar-refractivity contribution is -0.153. The minimum absolute atomic E-state index is 0.00944. The van der Waals surface area contributed by atoms with Gasteiger partial charge < -0.3 is 10.1 Å². The van der Waals surface area contributed by atoms with Gasteiger partial charge in [-0.05, 0) is 60.4 Å². The molecule has 1 saturated heterocycles. The van der Waals surface area contributed by atoms with E-state index in [-0.39, 0.29) is 34.8 Å². The average Bonchev–Trinajstić information content (AvgIpc) is 3.65. The van der Waals surface area contributed by atoms with Crippen molar-refractivity contribution < 1.29 is 40.7 Å². The highest BCUT2D eigenvalue weighted by Crippen LogP contribution is 2.36. The van der Waals surface area contributed by atoms with Crippen LogP contribution in [-0.4, -0.2) is 57.0 Å². The lowest BCUT2D eigenvalue weighted by atomic mass is 10.00. The van der Waals surface area contributed by atoms with Gasteiger partial charge in [0.2, 0.25) is 5.91 Å². The first-order valence-electron chi connectivity index (χ1n) is 14.0. The van der Waals surface area contributed by atoms with Gasteiger partial charge in [0.1, 0.15) is 12.1 Å². The van der Waals surface area contributed by atoms with Crippen molar-refractivity contribution in [2.24, 2.45) is 4.99 Å². The number of halogens is 6. The van der Waals surface area contributed by atoms with Gasteiger partial charge in [0.05, 0.1) is 22.7 Å². The van der Waals surface area contributed by atoms with E-state index in [0.29, 0.717) is 22.6 Å². The third-order valence-corrected chi connectivity index (χ3v) is 7.88. The second kappa shape index (κ2) is 13.5. The Hall–Kier alpha value is -4.86. The van der Waals surface area contributed by atoms with Crippen LogP contribution < -0.4 is 15.0 Å². The number of ether oxygens (including phenoxy) is 1. The van der Waals surface area contributed by atoms with E-state index in [1.54, 1.807) is 25.1 Å². The van der Waals surface area contributed by atoms with Crippen molar-refractivity contribution in [2.45, 2.75) is 32.1 Å². The Morgan fingerprint density at radius 1 is 1.04 bits per heavy atom. The molecule has 1 N–H and O–H groups in total. The normalized spacial score (nSPS) is 15.3. The molecule has 3 aromatic carbocycles. The quantitative estimate of drug-likeness (QED) is 0.199. The number of thioether (sulfide) groups is 1. The molecule has 3 amide bonds. The molecule has 0 radical (unpaired) electrons. The Kier molecular flexibility index (Phi) is 9.60. The molecule has 47 heavy (non-hydrogen) atoms. The molecule has 1 unspecified atom stereocenters. The van der Waals surface area contributed by atoms with E-state index in [9.17, 15) is 35.9 Å². The average molecular weight is 677 g/mol. The summed E-state index contributed by atoms with van der Waals surface area (Å²) in [6, 6.07) is 15.4. The Balaban J connectivity index is 1.21. The van der Waals surface area contributed by atoms with Gasteiger partial charge in [0.15, 0.2) is 17.6 Å². The first-order valence-corrected chi connectivity index (χ1v) is 15.0. The molecule has 0 aliphatic carbocycles. The molecule has 16 heteroatoms. The zero-order chi connectivity index (χ0) is 33.9. The highest BCUT2D eigenvalue weighted by molar-refractivity contribution is 8.15. The summed E-state index contributed by atoms with van der Waals surface area (Å²) < 4.78 is 83.3. The fourth-order valence-electron chi connectivity index (χ4n) is 4.53. The Morgan fingerprint density at radius 2 is 1.74 bits per heavy atom. The molecule has 246 valence electrons. The van der Waals surface area contributed by atoms with Crippen LogP contribution in [0.2, 0.25) is 0 Å². The molecular formula is C31H26F6N6O3S. The van der Waals surface area contributed by atoms with Crippen LogP contribution in [0.4, 0.5) is 36.8 Å². The van der Waals surface area contributed by atoms with Crippen LogP contribution in [-0.2, 0) is 11.0 Å². The number of hydrogen-bond donors (Lipinski definition) is 1. The zero-order valence-electron chi connectivity index (χ0n) is 24.8. The molecule has 1 aliphatic heterocycles. The number of amides is 3. The van der Waals surface area contributed by atoms with Gasteiger partial charge in [0, 0.05) is 12.1 Å². The summed E-state index contributed by atoms with van der Waals surface area (Å²) in [6.07, 6.45) is -7.62. The van der Waals surface area contributed by atoms with Crippen LogP contribution in [0.5, 0.6) is 5.75 Å². The number of aryl methyl sites for hydroxylation is 1. The third-order valence-electron chi connectivity index (χ3n) is 6.96. The van der Waals surface area contributed by atoms with Crippen LogP contribution in [0.1, 0.15) is 29.5 Å². The van der Waals surface area contributed by atoms with Gasteiger partial charge in [-0.2, -0.15) is 31.3 Å². The Morgan fingerprint density at radius 3 is 2.40 bits per heavy atom. The minimum Gasteiger partial charge on any atom is -0.482 e. The predicted molar refractivity (Wildman–Crippen MR) is 164 cm³/mol. The van der Waals surface area contributed by atoms with Gasteiger partial charge in [-0.25, -0.2) is 14.5 Å². The summed E-state index contributed by atoms with van der Waals surface area (Å²) >= 11 is 0.981. The second-order valence-electron chi connectivity index (χ2n) is 10.6. The lowest BCUT2D eigenvalue weighted by Crippen LogP contribution is -2.32. The number of nitrogens with one attached hydrogen (secondary N) is 1. The molecule has 5 rings (SSSR count). The van der Waals surface area contributed by atoms with Crippen molar-refractivity contribution in [3.05, 3.63) is 89.7 Å². The molecule has 0 saturated carbocycles. The number of carbonyl (C=O) groups is 2. The molecule has 2 heterocycles. The smallest absolute Gasteiger partial charge is 0.422 e. The van der Waals surface area contributed by atoms with Crippen molar-refractivity contribution in [3.8, 4) is 22.8 Å². The van der Waals surface area contributed by atoms with Gasteiger partial charge in [-0.1, -0.05) is 49.0 Å². The molecule has 1 aromatic heterocycles. The highest BCUT2D eigenvalue weighted by Gasteiger charge is 2.34. The van der Waals surface area contributed by atoms with Crippen molar-refractivity contribution >= 4 is 34.6 Å². The third kappa shape index (κ3) is 8.30. The highest BCUT2D eigenvalue weighted by atomic mass is 32.2. The number of hydrogen-bond acceptors (Lipinski definition) is 6. The van der Waals surface area contributed by atoms with E-state index in [2.05, 4.69) is 20.4 Å². The van der Waals surface area contributed by atoms with Crippen LogP contribution >= 0.6 is 11.8 Å². The second-order valence-corrected chi connectivity index (χ2v) is 11.5. The number of carbonyl (C=O) groups excluding carboxylic acids is 2. The molecule has 1 atom stereocenters. The van der Waals surface area contributed by atoms with Crippen LogP contribution in [0.3, 0.4) is 0 Å². The zero-order valence-corrected chi connectivity index (χ0v) is 25.6. The number of amidine groups is 1. The van der Waals surface area contributed by atoms with Gasteiger partial charge in [-0.3, -0.25) is 9.69 Å². The largest absolute Gasteiger partial charge is 0.482 e. The van der Waals surface area contributed by atoms with Crippen molar-refractivity contribution in [2.75, 3.05) is 23.8 Å². The van der Waals surface area contributed by atoms with Crippen LogP contribution in [0.15, 0.2) is 78.0 Å². The molecular weight excluding hydrogens is 650 g/mol. The number of aliphatic imine (C=N–C) groups is 1. The SMILES string of the molecule is Cc1ccc(OCC(F)(F)F)c(N2C(=O)CSC2=NC(=O)NCC(C)c2ccc(-c3ncn(-c4ccc(C(F)(F)F)cc4)n3)cc2)c1. The fraction of sp³-hybridized carbons (Fsp3) is 0.258. The first kappa shape index (κ1) is 33.5. The van der Waals surface area contributed by atoms with Gasteiger partial charge in [0.25, 0.3) is 0 Å². The molecule has 1 aliphatic rings. The van der Waals surface area contributed by atoms with Crippen molar-refractivity contribution in [1.29, 1.82) is 0 Å². The predicted octanol–water partition coefficient (Wildman–Crippen LogP) is 7.15. The van der Waals surface area contributed by atoms with Gasteiger partial charge in [-0.15, -0.1) is 5.10 Å². The van der Waals surface area contributed by atoms with E-state index in [0.717, 1.165) is 34.4 Å². The minimum atomic E-state index is -4.59. The Labute approximate surface area is 268 Å². The standard InChI is InChI=1S/C31H26F6N6O3S/c1-18-3-12-25(46-16-30(32,33)34)24(13-18)43-26(44)15-47-29(43)40-28(45)38-14-19(2)20-4-6-21(7-5-20)27-39-17-42(41-27)23-10-8-22(9-11-23)31(35,36)37/h3-13,17,19H,14-16H2,1-2H3,(H,38,45). The van der Waals surface area contributed by atoms with Gasteiger partial charge >= 0.3 is 18.4 Å². The monoisotopic (exact) mass is 676 g/mol. The molecule has 0 bridgehead atoms. The summed E-state index contributed by atoms with van der Waals surface area (Å²) in [4.78, 5) is 34.8. The summed E-state index contributed by atoms with van der Waals surface area (Å²) in [6.45, 7) is 2.21. The maximum atomic E-state index is 12.9. The van der Waals surface area contributed by atoms with Crippen molar-refractivity contribution in [1.82, 2.24) is 20.1 Å². The number of anilines is 1. The molecule has 9 nitrogen and oxygen atoms in total. The molecule has 4 aromatic rings. The van der Waals surface area contributed by atoms with E-state index in [1.165, 1.54) is 35.3 Å². The number of urea groups is 1. The van der Waals surface area contributed by atoms with Crippen LogP contribution in [0, 0.1) is 6.92 Å². The van der Waals surface area contributed by atoms with E-state index >= 15 is 0 Å². The topological polar surface area (TPSA) is 102 Å². The summed E-state index contributed by atoms with van der Waals surface area (Å²) in [5, 5.41) is 7.05. The van der Waals surface area contributed by atoms with E-state index < -0.39 is 36.5 Å². The van der Waals surface area contributed by atoms with E-state index in [4.69, 9.17) is 4.74 Å². The number of alkyl halides is 6. The maximum Gasteiger partial charge on any atom is 0.422 e. The van der Waals surface area contributed by atoms with Crippen LogP contribution in [0.25, 0.3) is 17.1 Å². The number of aromatic nitrogens is 3. The first-order chi connectivity index (χ1) is 22.2. The lowest BCUT2D eigenvalue weighted by Gasteiger charge is -2.21. The summed E-state index contributed by atoms with van der Waals surface area (Å²) in [5.74, 6) is -0.494. The fourth-order valence-corrected chi connectivity index (χ4v) is 5.39. The number of nitrogens with zero attached hydrogens (tertiary/aromatic N) is 5. The van der Waals surface area contributed by atoms with Crippen molar-refractivity contribution in [3.63, 3.8) is 0 Å². The summed E-state index contributed by atoms with van der Waals surface area (Å²) in [5.41, 5.74) is 1.90. The number of benzene rings is 3. The Bertz CT molecular complexity index is 1790. The summed E-state index contributed by atoms with van der Waals surface area (Å²) in [7, 11) is 0.